The Morgan fingerprint density at radius 1 is 1.33 bits per heavy atom. The van der Waals surface area contributed by atoms with Gasteiger partial charge in [-0.2, -0.15) is 5.26 Å². The summed E-state index contributed by atoms with van der Waals surface area (Å²) < 4.78 is 5.50. The number of unbranched alkanes of at least 4 members (excludes halogenated alkanes) is 1. The van der Waals surface area contributed by atoms with Crippen LogP contribution in [0.25, 0.3) is 0 Å². The second kappa shape index (κ2) is 8.84. The van der Waals surface area contributed by atoms with Gasteiger partial charge in [-0.05, 0) is 24.5 Å². The molecule has 0 spiro atoms. The van der Waals surface area contributed by atoms with E-state index in [1.807, 2.05) is 18.2 Å². The summed E-state index contributed by atoms with van der Waals surface area (Å²) in [7, 11) is 0. The van der Waals surface area contributed by atoms with Gasteiger partial charge >= 0.3 is 0 Å². The third kappa shape index (κ3) is 5.44. The minimum atomic E-state index is 0.227. The van der Waals surface area contributed by atoms with Crippen LogP contribution in [0.3, 0.4) is 0 Å². The minimum Gasteiger partial charge on any atom is -0.377 e. The van der Waals surface area contributed by atoms with Crippen molar-refractivity contribution in [3.63, 3.8) is 0 Å². The number of alkyl halides is 1. The molecule has 1 aromatic rings. The zero-order valence-corrected chi connectivity index (χ0v) is 11.8. The SMILES string of the molecule is N#Cc1ccccc1COCCCCC(=O)CBr. The fourth-order valence-electron chi connectivity index (χ4n) is 1.53. The smallest absolute Gasteiger partial charge is 0.143 e. The fourth-order valence-corrected chi connectivity index (χ4v) is 1.81. The van der Waals surface area contributed by atoms with Gasteiger partial charge < -0.3 is 4.74 Å². The molecule has 0 radical (unpaired) electrons. The maximum atomic E-state index is 11.0. The van der Waals surface area contributed by atoms with Crippen LogP contribution in [0.5, 0.6) is 0 Å². The number of hydrogen-bond donors (Lipinski definition) is 0. The summed E-state index contributed by atoms with van der Waals surface area (Å²) in [6.45, 7) is 1.07. The van der Waals surface area contributed by atoms with Crippen LogP contribution in [-0.4, -0.2) is 17.7 Å². The second-order valence-electron chi connectivity index (χ2n) is 3.95. The summed E-state index contributed by atoms with van der Waals surface area (Å²) >= 11 is 3.13. The number of carbonyl (C=O) groups is 1. The Bertz CT molecular complexity index is 426. The number of Topliss-reactive ketones (excluding diaryl/α,β-unsaturated/α-hetero) is 1. The van der Waals surface area contributed by atoms with Crippen LogP contribution < -0.4 is 0 Å². The van der Waals surface area contributed by atoms with Crippen molar-refractivity contribution >= 4 is 21.7 Å². The van der Waals surface area contributed by atoms with Crippen molar-refractivity contribution in [1.29, 1.82) is 5.26 Å². The first-order chi connectivity index (χ1) is 8.77. The topological polar surface area (TPSA) is 50.1 Å². The van der Waals surface area contributed by atoms with Crippen molar-refractivity contribution in [2.45, 2.75) is 25.9 Å². The molecule has 1 aromatic carbocycles. The molecule has 3 nitrogen and oxygen atoms in total. The summed E-state index contributed by atoms with van der Waals surface area (Å²) in [5, 5.41) is 9.33. The van der Waals surface area contributed by atoms with Crippen LogP contribution in [-0.2, 0) is 16.1 Å². The van der Waals surface area contributed by atoms with Gasteiger partial charge in [-0.3, -0.25) is 4.79 Å². The Balaban J connectivity index is 2.18. The Morgan fingerprint density at radius 3 is 2.83 bits per heavy atom. The van der Waals surface area contributed by atoms with E-state index in [9.17, 15) is 4.79 Å². The highest BCUT2D eigenvalue weighted by Gasteiger charge is 2.01. The molecule has 0 saturated carbocycles. The Labute approximate surface area is 116 Å². The van der Waals surface area contributed by atoms with Gasteiger partial charge in [0.2, 0.25) is 0 Å². The van der Waals surface area contributed by atoms with E-state index >= 15 is 0 Å². The summed E-state index contributed by atoms with van der Waals surface area (Å²) in [5.41, 5.74) is 1.57. The van der Waals surface area contributed by atoms with E-state index in [0.717, 1.165) is 18.4 Å². The maximum absolute atomic E-state index is 11.0. The molecule has 18 heavy (non-hydrogen) atoms. The number of carbonyl (C=O) groups excluding carboxylic acids is 1. The monoisotopic (exact) mass is 309 g/mol. The molecule has 0 bridgehead atoms. The lowest BCUT2D eigenvalue weighted by Crippen LogP contribution is -2.01. The fraction of sp³-hybridized carbons (Fsp3) is 0.429. The van der Waals surface area contributed by atoms with Crippen LogP contribution in [0, 0.1) is 11.3 Å². The summed E-state index contributed by atoms with van der Waals surface area (Å²) in [6.07, 6.45) is 2.32. The van der Waals surface area contributed by atoms with Gasteiger partial charge in [-0.15, -0.1) is 0 Å². The lowest BCUT2D eigenvalue weighted by atomic mass is 10.1. The van der Waals surface area contributed by atoms with E-state index in [0.29, 0.717) is 30.5 Å². The van der Waals surface area contributed by atoms with Gasteiger partial charge in [0.25, 0.3) is 0 Å². The number of hydrogen-bond acceptors (Lipinski definition) is 3. The third-order valence-electron chi connectivity index (χ3n) is 2.54. The zero-order chi connectivity index (χ0) is 13.2. The summed E-state index contributed by atoms with van der Waals surface area (Å²) in [4.78, 5) is 11.0. The van der Waals surface area contributed by atoms with E-state index in [-0.39, 0.29) is 5.78 Å². The highest BCUT2D eigenvalue weighted by molar-refractivity contribution is 9.09. The summed E-state index contributed by atoms with van der Waals surface area (Å²) in [6, 6.07) is 9.56. The standard InChI is InChI=1S/C14H16BrNO2/c15-9-14(17)7-3-4-8-18-11-13-6-2-1-5-12(13)10-16/h1-2,5-6H,3-4,7-9,11H2. The number of rotatable bonds is 8. The molecule has 0 heterocycles. The first kappa shape index (κ1) is 14.9. The highest BCUT2D eigenvalue weighted by Crippen LogP contribution is 2.09. The summed E-state index contributed by atoms with van der Waals surface area (Å²) in [5.74, 6) is 0.227. The van der Waals surface area contributed by atoms with Gasteiger partial charge in [-0.1, -0.05) is 34.1 Å². The van der Waals surface area contributed by atoms with Crippen molar-refractivity contribution in [1.82, 2.24) is 0 Å². The quantitative estimate of drug-likeness (QED) is 0.547. The van der Waals surface area contributed by atoms with Crippen molar-refractivity contribution in [3.8, 4) is 6.07 Å². The average Bonchev–Trinajstić information content (AvgIpc) is 2.42. The molecule has 0 amide bonds. The molecule has 0 aliphatic rings. The van der Waals surface area contributed by atoms with Gasteiger partial charge in [0.05, 0.1) is 23.6 Å². The minimum absolute atomic E-state index is 0.227. The molecule has 0 saturated heterocycles. The molecular weight excluding hydrogens is 294 g/mol. The Hall–Kier alpha value is -1.18. The number of ether oxygens (including phenoxy) is 1. The molecule has 0 aliphatic carbocycles. The van der Waals surface area contributed by atoms with Crippen molar-refractivity contribution in [2.75, 3.05) is 11.9 Å². The molecule has 0 atom stereocenters. The van der Waals surface area contributed by atoms with Crippen molar-refractivity contribution < 1.29 is 9.53 Å². The predicted molar refractivity (Wildman–Crippen MR) is 73.5 cm³/mol. The number of nitriles is 1. The van der Waals surface area contributed by atoms with E-state index in [1.165, 1.54) is 0 Å². The molecule has 0 unspecified atom stereocenters. The van der Waals surface area contributed by atoms with Gasteiger partial charge in [0.1, 0.15) is 5.78 Å². The Kier molecular flexibility index (Phi) is 7.31. The number of benzene rings is 1. The van der Waals surface area contributed by atoms with E-state index in [1.54, 1.807) is 6.07 Å². The van der Waals surface area contributed by atoms with E-state index in [4.69, 9.17) is 10.00 Å². The molecule has 0 N–H and O–H groups in total. The lowest BCUT2D eigenvalue weighted by Gasteiger charge is -2.05. The van der Waals surface area contributed by atoms with Crippen LogP contribution in [0.1, 0.15) is 30.4 Å². The largest absolute Gasteiger partial charge is 0.377 e. The second-order valence-corrected chi connectivity index (χ2v) is 4.51. The first-order valence-electron chi connectivity index (χ1n) is 5.91. The molecule has 96 valence electrons. The molecule has 0 fully saturated rings. The van der Waals surface area contributed by atoms with Gasteiger partial charge in [0.15, 0.2) is 0 Å². The predicted octanol–water partition coefficient (Wildman–Crippen LogP) is 3.21. The average molecular weight is 310 g/mol. The highest BCUT2D eigenvalue weighted by atomic mass is 79.9. The Morgan fingerprint density at radius 2 is 2.11 bits per heavy atom. The molecule has 0 aliphatic heterocycles. The lowest BCUT2D eigenvalue weighted by molar-refractivity contribution is -0.116. The zero-order valence-electron chi connectivity index (χ0n) is 10.2. The normalized spacial score (nSPS) is 10.0. The third-order valence-corrected chi connectivity index (χ3v) is 3.16. The van der Waals surface area contributed by atoms with Gasteiger partial charge in [-0.25, -0.2) is 0 Å². The number of halogens is 1. The maximum Gasteiger partial charge on any atom is 0.143 e. The molecular formula is C14H16BrNO2. The van der Waals surface area contributed by atoms with Crippen LogP contribution in [0.2, 0.25) is 0 Å². The van der Waals surface area contributed by atoms with Crippen molar-refractivity contribution in [2.24, 2.45) is 0 Å². The van der Waals surface area contributed by atoms with Crippen LogP contribution in [0.4, 0.5) is 0 Å². The van der Waals surface area contributed by atoms with E-state index < -0.39 is 0 Å². The van der Waals surface area contributed by atoms with Crippen molar-refractivity contribution in [3.05, 3.63) is 35.4 Å². The number of nitrogens with zero attached hydrogens (tertiary/aromatic N) is 1. The molecule has 0 aromatic heterocycles. The molecule has 1 rings (SSSR count). The molecule has 4 heteroatoms. The van der Waals surface area contributed by atoms with Gasteiger partial charge in [0, 0.05) is 13.0 Å². The van der Waals surface area contributed by atoms with E-state index in [2.05, 4.69) is 22.0 Å². The van der Waals surface area contributed by atoms with Crippen LogP contribution in [0.15, 0.2) is 24.3 Å². The van der Waals surface area contributed by atoms with Crippen LogP contribution >= 0.6 is 15.9 Å². The number of ketones is 1. The first-order valence-corrected chi connectivity index (χ1v) is 7.03.